The fraction of sp³-hybridized carbons (Fsp3) is 0.938. The third-order valence-electron chi connectivity index (χ3n) is 5.86. The van der Waals surface area contributed by atoms with E-state index in [1.807, 2.05) is 0 Å². The Kier molecular flexibility index (Phi) is 2.90. The summed E-state index contributed by atoms with van der Waals surface area (Å²) in [7, 11) is 0. The molecule has 0 aromatic heterocycles. The molecule has 5 rings (SSSR count). The van der Waals surface area contributed by atoms with Crippen LogP contribution in [0.2, 0.25) is 0 Å². The van der Waals surface area contributed by atoms with Gasteiger partial charge in [-0.05, 0) is 69.9 Å². The maximum Gasteiger partial charge on any atom is 0.320 e. The summed E-state index contributed by atoms with van der Waals surface area (Å²) >= 11 is 0. The van der Waals surface area contributed by atoms with E-state index in [1.165, 1.54) is 19.3 Å². The van der Waals surface area contributed by atoms with Crippen molar-refractivity contribution < 1.29 is 14.6 Å². The summed E-state index contributed by atoms with van der Waals surface area (Å²) in [6.07, 6.45) is 8.12. The molecule has 0 amide bonds. The second kappa shape index (κ2) is 4.44. The van der Waals surface area contributed by atoms with Crippen LogP contribution >= 0.6 is 0 Å². The molecule has 4 nitrogen and oxygen atoms in total. The van der Waals surface area contributed by atoms with Crippen LogP contribution in [0.5, 0.6) is 0 Å². The average Bonchev–Trinajstić information content (AvgIpc) is 2.76. The van der Waals surface area contributed by atoms with Gasteiger partial charge in [0.1, 0.15) is 5.60 Å². The molecular weight excluding hydrogens is 254 g/mol. The van der Waals surface area contributed by atoms with Gasteiger partial charge in [-0.3, -0.25) is 9.69 Å². The standard InChI is InChI=1S/C16H25NO3/c18-14(10-17-3-1-2-4-17)20-16-8-12-5-13(9-16)7-15(19,6-12)11-16/h12-13,19H,1-11H2. The lowest BCUT2D eigenvalue weighted by Gasteiger charge is -2.59. The van der Waals surface area contributed by atoms with Gasteiger partial charge in [0.25, 0.3) is 0 Å². The highest BCUT2D eigenvalue weighted by atomic mass is 16.6. The zero-order chi connectivity index (χ0) is 13.8. The van der Waals surface area contributed by atoms with Gasteiger partial charge < -0.3 is 9.84 Å². The molecule has 4 heteroatoms. The quantitative estimate of drug-likeness (QED) is 0.799. The first kappa shape index (κ1) is 13.1. The van der Waals surface area contributed by atoms with E-state index in [1.54, 1.807) is 0 Å². The van der Waals surface area contributed by atoms with Gasteiger partial charge in [0.05, 0.1) is 12.1 Å². The van der Waals surface area contributed by atoms with Gasteiger partial charge >= 0.3 is 5.97 Å². The molecule has 1 N–H and O–H groups in total. The molecule has 0 spiro atoms. The molecule has 1 heterocycles. The minimum atomic E-state index is -0.544. The molecule has 4 saturated carbocycles. The van der Waals surface area contributed by atoms with Crippen LogP contribution < -0.4 is 0 Å². The van der Waals surface area contributed by atoms with Crippen molar-refractivity contribution in [3.8, 4) is 0 Å². The number of rotatable bonds is 3. The van der Waals surface area contributed by atoms with Crippen LogP contribution in [0.4, 0.5) is 0 Å². The van der Waals surface area contributed by atoms with Crippen molar-refractivity contribution in [3.63, 3.8) is 0 Å². The maximum atomic E-state index is 12.2. The molecule has 0 radical (unpaired) electrons. The van der Waals surface area contributed by atoms with Crippen molar-refractivity contribution in [3.05, 3.63) is 0 Å². The normalized spacial score (nSPS) is 46.9. The molecular formula is C16H25NO3. The lowest BCUT2D eigenvalue weighted by molar-refractivity contribution is -0.220. The molecule has 2 unspecified atom stereocenters. The Labute approximate surface area is 120 Å². The molecule has 4 aliphatic carbocycles. The van der Waals surface area contributed by atoms with Gasteiger partial charge in [-0.25, -0.2) is 0 Å². The fourth-order valence-electron chi connectivity index (χ4n) is 5.65. The monoisotopic (exact) mass is 279 g/mol. The highest BCUT2D eigenvalue weighted by Crippen LogP contribution is 2.58. The average molecular weight is 279 g/mol. The minimum Gasteiger partial charge on any atom is -0.458 e. The first-order chi connectivity index (χ1) is 9.54. The Balaban J connectivity index is 1.43. The van der Waals surface area contributed by atoms with Crippen molar-refractivity contribution in [2.45, 2.75) is 62.6 Å². The summed E-state index contributed by atoms with van der Waals surface area (Å²) in [5, 5.41) is 10.7. The number of carbonyl (C=O) groups is 1. The van der Waals surface area contributed by atoms with Crippen LogP contribution in [-0.2, 0) is 9.53 Å². The summed E-state index contributed by atoms with van der Waals surface area (Å²) < 4.78 is 5.94. The first-order valence-electron chi connectivity index (χ1n) is 8.21. The first-order valence-corrected chi connectivity index (χ1v) is 8.21. The molecule has 112 valence electrons. The lowest BCUT2D eigenvalue weighted by Crippen LogP contribution is -2.60. The second-order valence-electron chi connectivity index (χ2n) is 7.83. The predicted octanol–water partition coefficient (Wildman–Crippen LogP) is 1.71. The van der Waals surface area contributed by atoms with Crippen molar-refractivity contribution in [1.29, 1.82) is 0 Å². The summed E-state index contributed by atoms with van der Waals surface area (Å²) in [6, 6.07) is 0. The Morgan fingerprint density at radius 2 is 1.80 bits per heavy atom. The number of hydrogen-bond acceptors (Lipinski definition) is 4. The van der Waals surface area contributed by atoms with Crippen LogP contribution in [0.15, 0.2) is 0 Å². The molecule has 0 aromatic carbocycles. The van der Waals surface area contributed by atoms with Crippen molar-refractivity contribution >= 4 is 5.97 Å². The lowest BCUT2D eigenvalue weighted by atomic mass is 9.52. The summed E-state index contributed by atoms with van der Waals surface area (Å²) in [5.41, 5.74) is -0.881. The third-order valence-corrected chi connectivity index (χ3v) is 5.86. The summed E-state index contributed by atoms with van der Waals surface area (Å²) in [4.78, 5) is 14.4. The third kappa shape index (κ3) is 2.27. The topological polar surface area (TPSA) is 49.8 Å². The molecule has 4 bridgehead atoms. The molecule has 20 heavy (non-hydrogen) atoms. The van der Waals surface area contributed by atoms with Crippen LogP contribution in [0.25, 0.3) is 0 Å². The van der Waals surface area contributed by atoms with Gasteiger partial charge in [-0.2, -0.15) is 0 Å². The summed E-state index contributed by atoms with van der Waals surface area (Å²) in [6.45, 7) is 2.49. The number of aliphatic hydroxyl groups is 1. The SMILES string of the molecule is O=C(CN1CCCC1)OC12CC3CC(CC(O)(C3)C1)C2. The van der Waals surface area contributed by atoms with E-state index in [2.05, 4.69) is 4.90 Å². The minimum absolute atomic E-state index is 0.0718. The number of esters is 1. The van der Waals surface area contributed by atoms with Gasteiger partial charge in [-0.1, -0.05) is 0 Å². The number of ether oxygens (including phenoxy) is 1. The van der Waals surface area contributed by atoms with Crippen molar-refractivity contribution in [2.24, 2.45) is 11.8 Å². The van der Waals surface area contributed by atoms with E-state index in [-0.39, 0.29) is 11.6 Å². The van der Waals surface area contributed by atoms with E-state index in [0.717, 1.165) is 38.8 Å². The zero-order valence-corrected chi connectivity index (χ0v) is 12.1. The summed E-state index contributed by atoms with van der Waals surface area (Å²) in [5.74, 6) is 1.07. The largest absolute Gasteiger partial charge is 0.458 e. The van der Waals surface area contributed by atoms with E-state index in [4.69, 9.17) is 4.74 Å². The van der Waals surface area contributed by atoms with E-state index < -0.39 is 5.60 Å². The van der Waals surface area contributed by atoms with Crippen LogP contribution in [0, 0.1) is 11.8 Å². The van der Waals surface area contributed by atoms with E-state index >= 15 is 0 Å². The molecule has 0 aromatic rings. The zero-order valence-electron chi connectivity index (χ0n) is 12.1. The second-order valence-corrected chi connectivity index (χ2v) is 7.83. The highest BCUT2D eigenvalue weighted by molar-refractivity contribution is 5.72. The smallest absolute Gasteiger partial charge is 0.320 e. The van der Waals surface area contributed by atoms with E-state index in [9.17, 15) is 9.90 Å². The van der Waals surface area contributed by atoms with Crippen molar-refractivity contribution in [2.75, 3.05) is 19.6 Å². The molecule has 1 saturated heterocycles. The predicted molar refractivity (Wildman–Crippen MR) is 74.1 cm³/mol. The number of nitrogens with zero attached hydrogens (tertiary/aromatic N) is 1. The Bertz CT molecular complexity index is 402. The molecule has 5 aliphatic rings. The fourth-order valence-corrected chi connectivity index (χ4v) is 5.65. The Morgan fingerprint density at radius 3 is 2.40 bits per heavy atom. The van der Waals surface area contributed by atoms with Crippen LogP contribution in [0.1, 0.15) is 51.4 Å². The van der Waals surface area contributed by atoms with Crippen LogP contribution in [-0.4, -0.2) is 46.8 Å². The maximum absolute atomic E-state index is 12.2. The van der Waals surface area contributed by atoms with Gasteiger partial charge in [0, 0.05) is 6.42 Å². The van der Waals surface area contributed by atoms with Gasteiger partial charge in [0.2, 0.25) is 0 Å². The Morgan fingerprint density at radius 1 is 1.15 bits per heavy atom. The Hall–Kier alpha value is -0.610. The number of carbonyl (C=O) groups excluding carboxylic acids is 1. The van der Waals surface area contributed by atoms with Gasteiger partial charge in [0.15, 0.2) is 0 Å². The van der Waals surface area contributed by atoms with Crippen LogP contribution in [0.3, 0.4) is 0 Å². The van der Waals surface area contributed by atoms with Crippen molar-refractivity contribution in [1.82, 2.24) is 4.90 Å². The molecule has 2 atom stereocenters. The number of hydrogen-bond donors (Lipinski definition) is 1. The molecule has 5 fully saturated rings. The van der Waals surface area contributed by atoms with E-state index in [0.29, 0.717) is 24.8 Å². The highest BCUT2D eigenvalue weighted by Gasteiger charge is 2.59. The molecule has 1 aliphatic heterocycles. The number of likely N-dealkylation sites (tertiary alicyclic amines) is 1. The van der Waals surface area contributed by atoms with Gasteiger partial charge in [-0.15, -0.1) is 0 Å².